The van der Waals surface area contributed by atoms with Crippen molar-refractivity contribution in [1.29, 1.82) is 0 Å². The second-order valence-corrected chi connectivity index (χ2v) is 19.6. The Hall–Kier alpha value is -3.08. The third-order valence-electron chi connectivity index (χ3n) is 13.3. The third-order valence-corrected chi connectivity index (χ3v) is 15.2. The number of ether oxygens (including phenoxy) is 2. The van der Waals surface area contributed by atoms with E-state index in [1.165, 1.54) is 17.5 Å². The number of hydrogen-bond acceptors (Lipinski definition) is 7. The SMILES string of the molecule is CC/C=C/[C@](CC1CC(=O)N2CCCC[C@@H]2C1)(OC)[C@@H]1CC[C@H]1CN1C[C@@]2(CCCc3cc(Cl)ccc32)COc2ccc(C(=O)NS(=O)(=O)C(C)C)cc21. The van der Waals surface area contributed by atoms with Crippen LogP contribution < -0.4 is 14.4 Å². The molecule has 3 heterocycles. The number of allylic oxidation sites excluding steroid dienone is 1. The number of carbonyl (C=O) groups excluding carboxylic acids is 2. The molecule has 1 N–H and O–H groups in total. The maximum Gasteiger partial charge on any atom is 0.264 e. The number of piperidine rings is 2. The molecule has 2 aromatic rings. The van der Waals surface area contributed by atoms with E-state index < -0.39 is 26.8 Å². The minimum Gasteiger partial charge on any atom is -0.490 e. The van der Waals surface area contributed by atoms with Crippen LogP contribution in [0.5, 0.6) is 5.75 Å². The molecule has 1 saturated carbocycles. The standard InChI is InChI=1S/C43H58ClN3O6S/c1-5-6-19-43(52-4,25-30-21-35-11-7-8-20-47(35)40(48)22-30)37-15-12-33(37)26-46-27-42(18-9-10-31-23-34(44)14-16-36(31)42)28-53-39-17-13-32(24-38(39)46)41(49)45-54(50,51)29(2)3/h6,13-14,16-17,19,23-24,29-30,33,35,37H,5,7-12,15,18,20-22,25-28H2,1-4H3,(H,45,49)/b19-6+/t30?,33-,35+,37+,42-,43+/m0/s1. The zero-order valence-corrected chi connectivity index (χ0v) is 34.0. The highest BCUT2D eigenvalue weighted by atomic mass is 35.5. The zero-order valence-electron chi connectivity index (χ0n) is 32.4. The molecule has 294 valence electrons. The molecule has 5 aliphatic rings. The van der Waals surface area contributed by atoms with Gasteiger partial charge in [0, 0.05) is 55.2 Å². The van der Waals surface area contributed by atoms with E-state index in [9.17, 15) is 18.0 Å². The predicted octanol–water partition coefficient (Wildman–Crippen LogP) is 7.84. The summed E-state index contributed by atoms with van der Waals surface area (Å²) in [5, 5.41) is -0.00905. The highest BCUT2D eigenvalue weighted by Crippen LogP contribution is 2.51. The summed E-state index contributed by atoms with van der Waals surface area (Å²) in [7, 11) is -1.97. The Morgan fingerprint density at radius 3 is 2.72 bits per heavy atom. The average molecular weight is 780 g/mol. The minimum atomic E-state index is -3.82. The number of aryl methyl sites for hydroxylation is 1. The van der Waals surface area contributed by atoms with Crippen molar-refractivity contribution in [3.63, 3.8) is 0 Å². The molecule has 3 aliphatic heterocycles. The Kier molecular flexibility index (Phi) is 11.5. The Bertz CT molecular complexity index is 1870. The van der Waals surface area contributed by atoms with Gasteiger partial charge in [0.05, 0.1) is 23.1 Å². The molecule has 2 amide bonds. The molecule has 0 radical (unpaired) electrons. The number of nitrogens with zero attached hydrogens (tertiary/aromatic N) is 2. The average Bonchev–Trinajstić information content (AvgIpc) is 3.28. The Morgan fingerprint density at radius 2 is 1.98 bits per heavy atom. The molecule has 1 spiro atoms. The molecule has 0 bridgehead atoms. The molecule has 1 unspecified atom stereocenters. The largest absolute Gasteiger partial charge is 0.490 e. The van der Waals surface area contributed by atoms with Gasteiger partial charge in [-0.3, -0.25) is 9.59 Å². The summed E-state index contributed by atoms with van der Waals surface area (Å²) >= 11 is 6.50. The normalized spacial score (nSPS) is 28.1. The van der Waals surface area contributed by atoms with Crippen LogP contribution in [0.2, 0.25) is 5.02 Å². The predicted molar refractivity (Wildman–Crippen MR) is 214 cm³/mol. The van der Waals surface area contributed by atoms with Gasteiger partial charge in [0.2, 0.25) is 15.9 Å². The second kappa shape index (κ2) is 15.8. The second-order valence-electron chi connectivity index (χ2n) is 17.0. The molecule has 0 aromatic heterocycles. The van der Waals surface area contributed by atoms with Crippen LogP contribution in [0.1, 0.15) is 113 Å². The smallest absolute Gasteiger partial charge is 0.264 e. The molecule has 2 aliphatic carbocycles. The number of carbonyl (C=O) groups is 2. The Morgan fingerprint density at radius 1 is 1.15 bits per heavy atom. The van der Waals surface area contributed by atoms with Crippen LogP contribution in [0.3, 0.4) is 0 Å². The van der Waals surface area contributed by atoms with Crippen molar-refractivity contribution in [2.45, 2.75) is 120 Å². The number of rotatable bonds is 11. The van der Waals surface area contributed by atoms with E-state index in [0.29, 0.717) is 37.3 Å². The number of methoxy groups -OCH3 is 1. The number of fused-ring (bicyclic) bond motifs is 4. The molecule has 11 heteroatoms. The molecule has 9 nitrogen and oxygen atoms in total. The van der Waals surface area contributed by atoms with Crippen molar-refractivity contribution in [1.82, 2.24) is 9.62 Å². The van der Waals surface area contributed by atoms with Gasteiger partial charge < -0.3 is 19.3 Å². The fraction of sp³-hybridized carbons (Fsp3) is 0.628. The number of sulfonamides is 1. The lowest BCUT2D eigenvalue weighted by molar-refractivity contribution is -0.143. The zero-order chi connectivity index (χ0) is 38.3. The van der Waals surface area contributed by atoms with Crippen LogP contribution in [0.4, 0.5) is 5.69 Å². The summed E-state index contributed by atoms with van der Waals surface area (Å²) in [6.45, 7) is 8.06. The van der Waals surface area contributed by atoms with E-state index in [1.807, 2.05) is 25.3 Å². The number of halogens is 1. The molecule has 2 aromatic carbocycles. The summed E-state index contributed by atoms with van der Waals surface area (Å²) in [4.78, 5) is 31.4. The first-order chi connectivity index (χ1) is 25.9. The van der Waals surface area contributed by atoms with Crippen LogP contribution in [0.15, 0.2) is 48.6 Å². The van der Waals surface area contributed by atoms with Crippen molar-refractivity contribution in [2.75, 3.05) is 38.3 Å². The monoisotopic (exact) mass is 779 g/mol. The van der Waals surface area contributed by atoms with Gasteiger partial charge in [-0.15, -0.1) is 0 Å². The van der Waals surface area contributed by atoms with Gasteiger partial charge in [0.1, 0.15) is 5.75 Å². The van der Waals surface area contributed by atoms with Gasteiger partial charge in [-0.2, -0.15) is 0 Å². The number of nitrogens with one attached hydrogen (secondary N) is 1. The van der Waals surface area contributed by atoms with Crippen LogP contribution in [0, 0.1) is 17.8 Å². The number of anilines is 1. The molecule has 2 saturated heterocycles. The molecular formula is C43H58ClN3O6S. The topological polar surface area (TPSA) is 105 Å². The fourth-order valence-electron chi connectivity index (χ4n) is 10.3. The van der Waals surface area contributed by atoms with Crippen LogP contribution in [-0.2, 0) is 31.4 Å². The lowest BCUT2D eigenvalue weighted by Crippen LogP contribution is -2.55. The van der Waals surface area contributed by atoms with Gasteiger partial charge in [0.25, 0.3) is 5.91 Å². The first-order valence-electron chi connectivity index (χ1n) is 20.3. The minimum absolute atomic E-state index is 0.244. The Balaban J connectivity index is 1.22. The van der Waals surface area contributed by atoms with Crippen molar-refractivity contribution in [3.8, 4) is 5.75 Å². The van der Waals surface area contributed by atoms with Crippen molar-refractivity contribution >= 4 is 39.1 Å². The van der Waals surface area contributed by atoms with Gasteiger partial charge in [0.15, 0.2) is 0 Å². The number of hydrogen-bond donors (Lipinski definition) is 1. The van der Waals surface area contributed by atoms with Gasteiger partial charge in [-0.25, -0.2) is 13.1 Å². The summed E-state index contributed by atoms with van der Waals surface area (Å²) in [6.07, 6.45) is 16.3. The summed E-state index contributed by atoms with van der Waals surface area (Å²) in [5.74, 6) is 1.14. The van der Waals surface area contributed by atoms with Crippen LogP contribution >= 0.6 is 11.6 Å². The summed E-state index contributed by atoms with van der Waals surface area (Å²) in [6, 6.07) is 11.9. The third kappa shape index (κ3) is 7.68. The lowest BCUT2D eigenvalue weighted by Gasteiger charge is -2.52. The maximum atomic E-state index is 13.4. The van der Waals surface area contributed by atoms with Crippen LogP contribution in [-0.4, -0.2) is 75.4 Å². The van der Waals surface area contributed by atoms with Gasteiger partial charge >= 0.3 is 0 Å². The van der Waals surface area contributed by atoms with Gasteiger partial charge in [-0.1, -0.05) is 36.7 Å². The van der Waals surface area contributed by atoms with Crippen molar-refractivity contribution in [3.05, 3.63) is 70.3 Å². The van der Waals surface area contributed by atoms with E-state index in [-0.39, 0.29) is 28.7 Å². The summed E-state index contributed by atoms with van der Waals surface area (Å²) < 4.78 is 41.0. The molecule has 6 atom stereocenters. The molecule has 3 fully saturated rings. The number of amides is 2. The van der Waals surface area contributed by atoms with E-state index in [4.69, 9.17) is 21.1 Å². The molecule has 7 rings (SSSR count). The van der Waals surface area contributed by atoms with Crippen LogP contribution in [0.25, 0.3) is 0 Å². The first kappa shape index (κ1) is 39.2. The van der Waals surface area contributed by atoms with E-state index >= 15 is 0 Å². The fourth-order valence-corrected chi connectivity index (χ4v) is 11.1. The van der Waals surface area contributed by atoms with Gasteiger partial charge in [-0.05, 0) is 144 Å². The molecular weight excluding hydrogens is 722 g/mol. The van der Waals surface area contributed by atoms with Crippen molar-refractivity contribution < 1.29 is 27.5 Å². The van der Waals surface area contributed by atoms with E-state index in [0.717, 1.165) is 88.0 Å². The lowest BCUT2D eigenvalue weighted by atomic mass is 9.61. The Labute approximate surface area is 327 Å². The van der Waals surface area contributed by atoms with Crippen molar-refractivity contribution in [2.24, 2.45) is 17.8 Å². The maximum absolute atomic E-state index is 13.4. The quantitative estimate of drug-likeness (QED) is 0.232. The highest BCUT2D eigenvalue weighted by Gasteiger charge is 2.51. The van der Waals surface area contributed by atoms with E-state index in [2.05, 4.69) is 45.7 Å². The molecule has 54 heavy (non-hydrogen) atoms. The highest BCUT2D eigenvalue weighted by molar-refractivity contribution is 7.90. The first-order valence-corrected chi connectivity index (χ1v) is 22.2. The number of benzene rings is 2. The summed E-state index contributed by atoms with van der Waals surface area (Å²) in [5.41, 5.74) is 2.80. The van der Waals surface area contributed by atoms with E-state index in [1.54, 1.807) is 19.9 Å².